The lowest BCUT2D eigenvalue weighted by atomic mass is 10.1. The van der Waals surface area contributed by atoms with E-state index < -0.39 is 0 Å². The first-order valence-electron chi connectivity index (χ1n) is 7.50. The molecule has 0 saturated heterocycles. The summed E-state index contributed by atoms with van der Waals surface area (Å²) in [6.45, 7) is 0.758. The van der Waals surface area contributed by atoms with Gasteiger partial charge in [0.15, 0.2) is 0 Å². The maximum absolute atomic E-state index is 12.1. The maximum Gasteiger partial charge on any atom is 0.269 e. The molecule has 0 bridgehead atoms. The van der Waals surface area contributed by atoms with Crippen LogP contribution in [0.2, 0.25) is 5.02 Å². The van der Waals surface area contributed by atoms with Gasteiger partial charge in [-0.05, 0) is 30.3 Å². The van der Waals surface area contributed by atoms with Crippen molar-refractivity contribution in [1.29, 1.82) is 0 Å². The van der Waals surface area contributed by atoms with E-state index in [1.807, 2.05) is 30.3 Å². The van der Waals surface area contributed by atoms with Crippen LogP contribution in [0.15, 0.2) is 60.7 Å². The first-order valence-corrected chi connectivity index (χ1v) is 7.87. The third-order valence-corrected chi connectivity index (χ3v) is 3.61. The monoisotopic (exact) mass is 341 g/mol. The number of halogens is 1. The number of H-pyrrole nitrogens is 1. The zero-order valence-electron chi connectivity index (χ0n) is 12.8. The molecule has 0 fully saturated rings. The van der Waals surface area contributed by atoms with E-state index in [-0.39, 0.29) is 5.91 Å². The number of carbonyl (C=O) groups excluding carboxylic acids is 1. The zero-order chi connectivity index (χ0) is 16.8. The Hall–Kier alpha value is -2.79. The van der Waals surface area contributed by atoms with E-state index in [1.54, 1.807) is 30.3 Å². The summed E-state index contributed by atoms with van der Waals surface area (Å²) in [6.07, 6.45) is 0. The van der Waals surface area contributed by atoms with Gasteiger partial charge in [-0.3, -0.25) is 9.89 Å². The largest absolute Gasteiger partial charge is 0.492 e. The van der Waals surface area contributed by atoms with Crippen molar-refractivity contribution >= 4 is 17.5 Å². The minimum Gasteiger partial charge on any atom is -0.492 e. The fourth-order valence-electron chi connectivity index (χ4n) is 2.15. The van der Waals surface area contributed by atoms with Crippen molar-refractivity contribution in [2.75, 3.05) is 13.2 Å². The number of nitrogens with one attached hydrogen (secondary N) is 2. The van der Waals surface area contributed by atoms with Crippen LogP contribution in [0.4, 0.5) is 0 Å². The van der Waals surface area contributed by atoms with E-state index in [9.17, 15) is 4.79 Å². The molecule has 0 radical (unpaired) electrons. The Kier molecular flexibility index (Phi) is 5.13. The molecule has 0 aliphatic carbocycles. The predicted molar refractivity (Wildman–Crippen MR) is 93.3 cm³/mol. The Morgan fingerprint density at radius 2 is 1.88 bits per heavy atom. The average Bonchev–Trinajstić information content (AvgIpc) is 3.11. The topological polar surface area (TPSA) is 67.0 Å². The van der Waals surface area contributed by atoms with Crippen LogP contribution in [0.5, 0.6) is 5.75 Å². The second-order valence-corrected chi connectivity index (χ2v) is 5.53. The summed E-state index contributed by atoms with van der Waals surface area (Å²) in [6, 6.07) is 18.5. The lowest BCUT2D eigenvalue weighted by Crippen LogP contribution is -2.28. The first-order chi connectivity index (χ1) is 11.7. The van der Waals surface area contributed by atoms with Crippen LogP contribution in [0.3, 0.4) is 0 Å². The van der Waals surface area contributed by atoms with Crippen molar-refractivity contribution in [2.45, 2.75) is 0 Å². The standard InChI is InChI=1S/C18H16ClN3O2/c19-14-6-8-15(9-7-14)24-11-10-20-18(23)17-12-16(21-22-17)13-4-2-1-3-5-13/h1-9,12H,10-11H2,(H,20,23)(H,21,22). The molecular formula is C18H16ClN3O2. The van der Waals surface area contributed by atoms with E-state index in [0.29, 0.717) is 29.6 Å². The van der Waals surface area contributed by atoms with Gasteiger partial charge in [0.2, 0.25) is 0 Å². The molecule has 0 aliphatic rings. The summed E-state index contributed by atoms with van der Waals surface area (Å²) in [7, 11) is 0. The van der Waals surface area contributed by atoms with E-state index in [4.69, 9.17) is 16.3 Å². The summed E-state index contributed by atoms with van der Waals surface area (Å²) in [5.41, 5.74) is 2.11. The molecule has 24 heavy (non-hydrogen) atoms. The first kappa shape index (κ1) is 16.1. The molecular weight excluding hydrogens is 326 g/mol. The average molecular weight is 342 g/mol. The highest BCUT2D eigenvalue weighted by atomic mass is 35.5. The van der Waals surface area contributed by atoms with E-state index in [0.717, 1.165) is 11.3 Å². The normalized spacial score (nSPS) is 10.4. The Bertz CT molecular complexity index is 801. The molecule has 0 unspecified atom stereocenters. The highest BCUT2D eigenvalue weighted by molar-refractivity contribution is 6.30. The zero-order valence-corrected chi connectivity index (χ0v) is 13.6. The molecule has 2 aromatic carbocycles. The minimum atomic E-state index is -0.218. The van der Waals surface area contributed by atoms with Crippen molar-refractivity contribution in [3.8, 4) is 17.0 Å². The van der Waals surface area contributed by atoms with E-state index >= 15 is 0 Å². The van der Waals surface area contributed by atoms with Gasteiger partial charge in [-0.2, -0.15) is 5.10 Å². The summed E-state index contributed by atoms with van der Waals surface area (Å²) >= 11 is 5.81. The molecule has 3 aromatic rings. The van der Waals surface area contributed by atoms with Gasteiger partial charge in [0.05, 0.1) is 12.2 Å². The molecule has 0 saturated carbocycles. The van der Waals surface area contributed by atoms with E-state index in [1.165, 1.54) is 0 Å². The van der Waals surface area contributed by atoms with Gasteiger partial charge < -0.3 is 10.1 Å². The number of rotatable bonds is 6. The molecule has 1 aromatic heterocycles. The SMILES string of the molecule is O=C(NCCOc1ccc(Cl)cc1)c1cc(-c2ccccc2)n[nH]1. The van der Waals surface area contributed by atoms with E-state index in [2.05, 4.69) is 15.5 Å². The second-order valence-electron chi connectivity index (χ2n) is 5.09. The van der Waals surface area contributed by atoms with Gasteiger partial charge >= 0.3 is 0 Å². The van der Waals surface area contributed by atoms with Gasteiger partial charge in [-0.25, -0.2) is 0 Å². The predicted octanol–water partition coefficient (Wildman–Crippen LogP) is 3.54. The van der Waals surface area contributed by atoms with Crippen LogP contribution >= 0.6 is 11.6 Å². The Balaban J connectivity index is 1.49. The Labute approximate surface area is 144 Å². The molecule has 6 heteroatoms. The van der Waals surface area contributed by atoms with Gasteiger partial charge in [-0.1, -0.05) is 41.9 Å². The third kappa shape index (κ3) is 4.14. The van der Waals surface area contributed by atoms with Gasteiger partial charge in [-0.15, -0.1) is 0 Å². The molecule has 1 heterocycles. The van der Waals surface area contributed by atoms with Gasteiger partial charge in [0.25, 0.3) is 5.91 Å². The second kappa shape index (κ2) is 7.66. The summed E-state index contributed by atoms with van der Waals surface area (Å²) in [5, 5.41) is 10.4. The molecule has 122 valence electrons. The number of nitrogens with zero attached hydrogens (tertiary/aromatic N) is 1. The Morgan fingerprint density at radius 3 is 2.62 bits per heavy atom. The fourth-order valence-corrected chi connectivity index (χ4v) is 2.28. The quantitative estimate of drug-likeness (QED) is 0.674. The lowest BCUT2D eigenvalue weighted by molar-refractivity contribution is 0.0942. The number of carbonyl (C=O) groups is 1. The number of benzene rings is 2. The van der Waals surface area contributed by atoms with Crippen molar-refractivity contribution < 1.29 is 9.53 Å². The number of hydrogen-bond acceptors (Lipinski definition) is 3. The number of amides is 1. The van der Waals surface area contributed by atoms with Crippen LogP contribution in [0, 0.1) is 0 Å². The molecule has 0 aliphatic heterocycles. The molecule has 0 spiro atoms. The molecule has 0 atom stereocenters. The maximum atomic E-state index is 12.1. The highest BCUT2D eigenvalue weighted by Gasteiger charge is 2.10. The fraction of sp³-hybridized carbons (Fsp3) is 0.111. The van der Waals surface area contributed by atoms with Gasteiger partial charge in [0.1, 0.15) is 18.1 Å². The lowest BCUT2D eigenvalue weighted by Gasteiger charge is -2.07. The van der Waals surface area contributed by atoms with Crippen molar-refractivity contribution in [2.24, 2.45) is 0 Å². The van der Waals surface area contributed by atoms with Crippen LogP contribution in [-0.2, 0) is 0 Å². The van der Waals surface area contributed by atoms with Crippen LogP contribution in [-0.4, -0.2) is 29.3 Å². The third-order valence-electron chi connectivity index (χ3n) is 3.36. The summed E-state index contributed by atoms with van der Waals surface area (Å²) in [4.78, 5) is 12.1. The smallest absolute Gasteiger partial charge is 0.269 e. The number of aromatic amines is 1. The molecule has 3 rings (SSSR count). The van der Waals surface area contributed by atoms with Crippen molar-refractivity contribution in [3.63, 3.8) is 0 Å². The van der Waals surface area contributed by atoms with Crippen LogP contribution in [0.25, 0.3) is 11.3 Å². The number of aromatic nitrogens is 2. The Morgan fingerprint density at radius 1 is 1.12 bits per heavy atom. The van der Waals surface area contributed by atoms with Gasteiger partial charge in [0, 0.05) is 10.6 Å². The number of hydrogen-bond donors (Lipinski definition) is 2. The molecule has 5 nitrogen and oxygen atoms in total. The van der Waals surface area contributed by atoms with Crippen molar-refractivity contribution in [3.05, 3.63) is 71.4 Å². The molecule has 1 amide bonds. The van der Waals surface area contributed by atoms with Crippen LogP contribution in [0.1, 0.15) is 10.5 Å². The summed E-state index contributed by atoms with van der Waals surface area (Å²) < 4.78 is 5.52. The highest BCUT2D eigenvalue weighted by Crippen LogP contribution is 2.17. The number of ether oxygens (including phenoxy) is 1. The van der Waals surface area contributed by atoms with Crippen molar-refractivity contribution in [1.82, 2.24) is 15.5 Å². The minimum absolute atomic E-state index is 0.218. The van der Waals surface area contributed by atoms with Crippen LogP contribution < -0.4 is 10.1 Å². The summed E-state index contributed by atoms with van der Waals surface area (Å²) in [5.74, 6) is 0.492. The molecule has 2 N–H and O–H groups in total.